The zero-order chi connectivity index (χ0) is 26.3. The first kappa shape index (κ1) is 27.5. The maximum absolute atomic E-state index is 13.8. The Balaban J connectivity index is 2.06. The molecule has 10 heteroatoms. The third kappa shape index (κ3) is 6.19. The normalized spacial score (nSPS) is 12.0. The van der Waals surface area contributed by atoms with E-state index in [4.69, 9.17) is 23.2 Å². The van der Waals surface area contributed by atoms with Gasteiger partial charge in [-0.25, -0.2) is 8.42 Å². The summed E-state index contributed by atoms with van der Waals surface area (Å²) in [4.78, 5) is 27.9. The Kier molecular flexibility index (Phi) is 9.37. The molecule has 7 nitrogen and oxygen atoms in total. The molecule has 0 bridgehead atoms. The molecule has 3 aromatic carbocycles. The molecule has 0 aliphatic carbocycles. The number of likely N-dealkylation sites (N-methyl/N-ethyl adjacent to an activating group) is 1. The van der Waals surface area contributed by atoms with Gasteiger partial charge in [0, 0.05) is 29.2 Å². The first-order valence-electron chi connectivity index (χ1n) is 11.3. The highest BCUT2D eigenvalue weighted by atomic mass is 35.5. The van der Waals surface area contributed by atoms with Gasteiger partial charge in [0.25, 0.3) is 10.0 Å². The van der Waals surface area contributed by atoms with Crippen molar-refractivity contribution in [3.63, 3.8) is 0 Å². The second-order valence-corrected chi connectivity index (χ2v) is 10.6. The van der Waals surface area contributed by atoms with E-state index in [0.29, 0.717) is 27.7 Å². The van der Waals surface area contributed by atoms with Gasteiger partial charge >= 0.3 is 0 Å². The number of sulfonamides is 1. The molecule has 3 aromatic rings. The highest BCUT2D eigenvalue weighted by Crippen LogP contribution is 2.28. The van der Waals surface area contributed by atoms with E-state index in [1.807, 2.05) is 0 Å². The molecule has 0 saturated heterocycles. The lowest BCUT2D eigenvalue weighted by molar-refractivity contribution is -0.140. The number of nitrogens with zero attached hydrogens (tertiary/aromatic N) is 2. The van der Waals surface area contributed by atoms with Gasteiger partial charge in [-0.05, 0) is 42.8 Å². The fraction of sp³-hybridized carbons (Fsp3) is 0.231. The first-order valence-corrected chi connectivity index (χ1v) is 13.5. The fourth-order valence-electron chi connectivity index (χ4n) is 3.78. The highest BCUT2D eigenvalue weighted by molar-refractivity contribution is 7.92. The summed E-state index contributed by atoms with van der Waals surface area (Å²) in [7, 11) is -2.62. The standard InChI is InChI=1S/C26H27Cl2N3O4S/c1-3-24(26(33)29-2)30(17-21-22(27)15-10-16-23(21)28)25(32)18-31(19-11-6-4-7-12-19)36(34,35)20-13-8-5-9-14-20/h4-16,24H,3,17-18H2,1-2H3,(H,29,33). The number of rotatable bonds is 10. The van der Waals surface area contributed by atoms with Crippen molar-refractivity contribution >= 4 is 50.7 Å². The molecule has 0 saturated carbocycles. The van der Waals surface area contributed by atoms with E-state index in [1.54, 1.807) is 73.7 Å². The maximum atomic E-state index is 13.8. The minimum Gasteiger partial charge on any atom is -0.357 e. The predicted octanol–water partition coefficient (Wildman–Crippen LogP) is 4.74. The summed E-state index contributed by atoms with van der Waals surface area (Å²) in [5.41, 5.74) is 0.784. The summed E-state index contributed by atoms with van der Waals surface area (Å²) in [5, 5.41) is 3.25. The Morgan fingerprint density at radius 1 is 0.889 bits per heavy atom. The van der Waals surface area contributed by atoms with Crippen LogP contribution in [0.4, 0.5) is 5.69 Å². The summed E-state index contributed by atoms with van der Waals surface area (Å²) in [6, 6.07) is 20.3. The molecule has 1 atom stereocenters. The topological polar surface area (TPSA) is 86.8 Å². The molecular weight excluding hydrogens is 521 g/mol. The van der Waals surface area contributed by atoms with Crippen molar-refractivity contribution in [3.05, 3.63) is 94.5 Å². The molecule has 3 rings (SSSR count). The largest absolute Gasteiger partial charge is 0.357 e. The molecule has 0 aliphatic heterocycles. The van der Waals surface area contributed by atoms with Crippen LogP contribution in [0.15, 0.2) is 83.8 Å². The Bertz CT molecular complexity index is 1290. The quantitative estimate of drug-likeness (QED) is 0.397. The van der Waals surface area contributed by atoms with Crippen LogP contribution >= 0.6 is 23.2 Å². The second kappa shape index (κ2) is 12.3. The zero-order valence-corrected chi connectivity index (χ0v) is 22.2. The lowest BCUT2D eigenvalue weighted by Crippen LogP contribution is -2.51. The average molecular weight is 548 g/mol. The number of amides is 2. The van der Waals surface area contributed by atoms with Crippen LogP contribution in [0.1, 0.15) is 18.9 Å². The number of anilines is 1. The Hall–Kier alpha value is -3.07. The lowest BCUT2D eigenvalue weighted by atomic mass is 10.1. The molecular formula is C26H27Cl2N3O4S. The Labute approximate surface area is 221 Å². The number of hydrogen-bond acceptors (Lipinski definition) is 4. The van der Waals surface area contributed by atoms with Gasteiger partial charge in [-0.3, -0.25) is 13.9 Å². The van der Waals surface area contributed by atoms with E-state index in [-0.39, 0.29) is 17.3 Å². The molecule has 190 valence electrons. The Morgan fingerprint density at radius 2 is 1.44 bits per heavy atom. The smallest absolute Gasteiger partial charge is 0.264 e. The van der Waals surface area contributed by atoms with Crippen LogP contribution in [0, 0.1) is 0 Å². The van der Waals surface area contributed by atoms with E-state index in [2.05, 4.69) is 5.32 Å². The number of hydrogen-bond donors (Lipinski definition) is 1. The van der Waals surface area contributed by atoms with Crippen LogP contribution in [0.25, 0.3) is 0 Å². The van der Waals surface area contributed by atoms with Crippen molar-refractivity contribution in [1.29, 1.82) is 0 Å². The number of nitrogens with one attached hydrogen (secondary N) is 1. The van der Waals surface area contributed by atoms with E-state index >= 15 is 0 Å². The van der Waals surface area contributed by atoms with E-state index < -0.39 is 28.5 Å². The summed E-state index contributed by atoms with van der Waals surface area (Å²) < 4.78 is 28.3. The highest BCUT2D eigenvalue weighted by Gasteiger charge is 2.33. The molecule has 2 amide bonds. The minimum atomic E-state index is -4.10. The van der Waals surface area contributed by atoms with Gasteiger partial charge in [-0.15, -0.1) is 0 Å². The van der Waals surface area contributed by atoms with Crippen LogP contribution in [0.5, 0.6) is 0 Å². The van der Waals surface area contributed by atoms with Crippen molar-refractivity contribution in [2.24, 2.45) is 0 Å². The first-order chi connectivity index (χ1) is 17.2. The third-order valence-electron chi connectivity index (χ3n) is 5.68. The maximum Gasteiger partial charge on any atom is 0.264 e. The number of halogens is 2. The number of benzene rings is 3. The number of carbonyl (C=O) groups excluding carboxylic acids is 2. The van der Waals surface area contributed by atoms with Gasteiger partial charge in [0.15, 0.2) is 0 Å². The summed E-state index contributed by atoms with van der Waals surface area (Å²) in [6.45, 7) is 1.16. The fourth-order valence-corrected chi connectivity index (χ4v) is 5.73. The van der Waals surface area contributed by atoms with Crippen LogP contribution < -0.4 is 9.62 Å². The summed E-state index contributed by atoms with van der Waals surface area (Å²) >= 11 is 12.7. The van der Waals surface area contributed by atoms with Gasteiger partial charge in [-0.2, -0.15) is 0 Å². The summed E-state index contributed by atoms with van der Waals surface area (Å²) in [5.74, 6) is -0.962. The molecule has 36 heavy (non-hydrogen) atoms. The van der Waals surface area contributed by atoms with E-state index in [1.165, 1.54) is 24.1 Å². The van der Waals surface area contributed by atoms with Crippen molar-refractivity contribution in [2.75, 3.05) is 17.9 Å². The molecule has 0 spiro atoms. The van der Waals surface area contributed by atoms with Crippen LogP contribution in [0.2, 0.25) is 10.0 Å². The van der Waals surface area contributed by atoms with Crippen molar-refractivity contribution in [1.82, 2.24) is 10.2 Å². The minimum absolute atomic E-state index is 0.0423. The van der Waals surface area contributed by atoms with Gasteiger partial charge in [0.2, 0.25) is 11.8 Å². The average Bonchev–Trinajstić information content (AvgIpc) is 2.89. The SMILES string of the molecule is CCC(C(=O)NC)N(Cc1c(Cl)cccc1Cl)C(=O)CN(c1ccccc1)S(=O)(=O)c1ccccc1. The molecule has 0 aromatic heterocycles. The van der Waals surface area contributed by atoms with Crippen molar-refractivity contribution < 1.29 is 18.0 Å². The summed E-state index contributed by atoms with van der Waals surface area (Å²) in [6.07, 6.45) is 0.296. The molecule has 1 N–H and O–H groups in total. The lowest BCUT2D eigenvalue weighted by Gasteiger charge is -2.33. The van der Waals surface area contributed by atoms with Crippen LogP contribution in [-0.4, -0.2) is 44.8 Å². The number of carbonyl (C=O) groups is 2. The molecule has 0 fully saturated rings. The van der Waals surface area contributed by atoms with Crippen molar-refractivity contribution in [2.45, 2.75) is 30.8 Å². The van der Waals surface area contributed by atoms with E-state index in [9.17, 15) is 18.0 Å². The van der Waals surface area contributed by atoms with Gasteiger partial charge in [0.05, 0.1) is 10.6 Å². The predicted molar refractivity (Wildman–Crippen MR) is 143 cm³/mol. The zero-order valence-electron chi connectivity index (χ0n) is 19.9. The molecule has 0 heterocycles. The second-order valence-electron chi connectivity index (χ2n) is 7.92. The molecule has 0 aliphatic rings. The number of para-hydroxylation sites is 1. The molecule has 0 radical (unpaired) electrons. The van der Waals surface area contributed by atoms with Gasteiger partial charge in [-0.1, -0.05) is 72.6 Å². The van der Waals surface area contributed by atoms with Crippen LogP contribution in [0.3, 0.4) is 0 Å². The van der Waals surface area contributed by atoms with Crippen molar-refractivity contribution in [3.8, 4) is 0 Å². The van der Waals surface area contributed by atoms with Gasteiger partial charge < -0.3 is 10.2 Å². The van der Waals surface area contributed by atoms with E-state index in [0.717, 1.165) is 4.31 Å². The monoisotopic (exact) mass is 547 g/mol. The van der Waals surface area contributed by atoms with Gasteiger partial charge in [0.1, 0.15) is 12.6 Å². The Morgan fingerprint density at radius 3 is 1.97 bits per heavy atom. The third-order valence-corrected chi connectivity index (χ3v) is 8.17. The van der Waals surface area contributed by atoms with Crippen LogP contribution in [-0.2, 0) is 26.2 Å². The molecule has 1 unspecified atom stereocenters.